The zero-order valence-corrected chi connectivity index (χ0v) is 5.64. The van der Waals surface area contributed by atoms with Crippen LogP contribution in [-0.4, -0.2) is 21.0 Å². The van der Waals surface area contributed by atoms with E-state index in [4.69, 9.17) is 5.11 Å². The third-order valence-corrected chi connectivity index (χ3v) is 0.980. The van der Waals surface area contributed by atoms with Crippen molar-refractivity contribution >= 4 is 12.0 Å². The molecule has 0 atom stereocenters. The van der Waals surface area contributed by atoms with Crippen LogP contribution in [0.2, 0.25) is 0 Å². The fraction of sp³-hybridized carbons (Fsp3) is 0. The van der Waals surface area contributed by atoms with Gasteiger partial charge in [-0.1, -0.05) is 0 Å². The van der Waals surface area contributed by atoms with Crippen LogP contribution in [0.15, 0.2) is 24.7 Å². The lowest BCUT2D eigenvalue weighted by molar-refractivity contribution is -0.131. The van der Waals surface area contributed by atoms with Crippen LogP contribution in [0.3, 0.4) is 0 Å². The standard InChI is InChI=1S/C7H6N2O2/c10-7(11)2-1-6-5-8-3-4-9-6/h1-5H,(H,10,11)/b2-1+. The molecule has 0 aliphatic heterocycles. The highest BCUT2D eigenvalue weighted by Crippen LogP contribution is 1.92. The van der Waals surface area contributed by atoms with Gasteiger partial charge in [-0.05, 0) is 6.08 Å². The van der Waals surface area contributed by atoms with Crippen molar-refractivity contribution in [3.05, 3.63) is 30.4 Å². The summed E-state index contributed by atoms with van der Waals surface area (Å²) in [7, 11) is 0. The van der Waals surface area contributed by atoms with Crippen molar-refractivity contribution < 1.29 is 9.90 Å². The van der Waals surface area contributed by atoms with Crippen LogP contribution >= 0.6 is 0 Å². The minimum Gasteiger partial charge on any atom is -0.478 e. The summed E-state index contributed by atoms with van der Waals surface area (Å²) >= 11 is 0. The summed E-state index contributed by atoms with van der Waals surface area (Å²) in [5.74, 6) is -0.990. The highest BCUT2D eigenvalue weighted by atomic mass is 16.4. The molecule has 0 radical (unpaired) electrons. The van der Waals surface area contributed by atoms with Gasteiger partial charge in [0.25, 0.3) is 0 Å². The molecule has 0 fully saturated rings. The van der Waals surface area contributed by atoms with Gasteiger partial charge in [-0.2, -0.15) is 0 Å². The van der Waals surface area contributed by atoms with Gasteiger partial charge in [0.1, 0.15) is 0 Å². The molecule has 4 heteroatoms. The molecule has 1 N–H and O–H groups in total. The Hall–Kier alpha value is -1.71. The third-order valence-electron chi connectivity index (χ3n) is 0.980. The van der Waals surface area contributed by atoms with Gasteiger partial charge in [0.05, 0.1) is 11.9 Å². The van der Waals surface area contributed by atoms with Gasteiger partial charge >= 0.3 is 5.97 Å². The molecule has 0 saturated heterocycles. The maximum Gasteiger partial charge on any atom is 0.328 e. The summed E-state index contributed by atoms with van der Waals surface area (Å²) in [5, 5.41) is 8.24. The maximum absolute atomic E-state index is 10.0. The minimum atomic E-state index is -0.990. The van der Waals surface area contributed by atoms with Crippen LogP contribution in [0.1, 0.15) is 5.69 Å². The van der Waals surface area contributed by atoms with E-state index in [-0.39, 0.29) is 0 Å². The molecule has 0 spiro atoms. The smallest absolute Gasteiger partial charge is 0.328 e. The molecule has 0 amide bonds. The summed E-state index contributed by atoms with van der Waals surface area (Å²) in [6.45, 7) is 0. The molecular weight excluding hydrogens is 144 g/mol. The van der Waals surface area contributed by atoms with E-state index in [0.717, 1.165) is 6.08 Å². The van der Waals surface area contributed by atoms with Crippen LogP contribution in [0.5, 0.6) is 0 Å². The van der Waals surface area contributed by atoms with Crippen molar-refractivity contribution in [1.29, 1.82) is 0 Å². The van der Waals surface area contributed by atoms with Crippen LogP contribution < -0.4 is 0 Å². The number of carbonyl (C=O) groups is 1. The predicted octanol–water partition coefficient (Wildman–Crippen LogP) is 0.574. The number of aromatic nitrogens is 2. The van der Waals surface area contributed by atoms with Crippen LogP contribution in [0.4, 0.5) is 0 Å². The lowest BCUT2D eigenvalue weighted by atomic mass is 10.4. The van der Waals surface area contributed by atoms with Crippen molar-refractivity contribution in [3.8, 4) is 0 Å². The highest BCUT2D eigenvalue weighted by Gasteiger charge is 1.87. The Bertz CT molecular complexity index is 269. The molecule has 1 rings (SSSR count). The molecule has 56 valence electrons. The number of carboxylic acid groups (broad SMARTS) is 1. The first-order valence-corrected chi connectivity index (χ1v) is 2.96. The first-order chi connectivity index (χ1) is 5.29. The monoisotopic (exact) mass is 150 g/mol. The van der Waals surface area contributed by atoms with E-state index in [9.17, 15) is 4.79 Å². The van der Waals surface area contributed by atoms with E-state index >= 15 is 0 Å². The van der Waals surface area contributed by atoms with Crippen molar-refractivity contribution in [2.45, 2.75) is 0 Å². The number of rotatable bonds is 2. The van der Waals surface area contributed by atoms with Crippen LogP contribution in [-0.2, 0) is 4.79 Å². The van der Waals surface area contributed by atoms with Gasteiger partial charge < -0.3 is 5.11 Å². The number of carboxylic acids is 1. The Labute approximate surface area is 63.2 Å². The second-order valence-electron chi connectivity index (χ2n) is 1.80. The molecule has 1 heterocycles. The van der Waals surface area contributed by atoms with Gasteiger partial charge in [0, 0.05) is 18.5 Å². The molecule has 0 saturated carbocycles. The summed E-state index contributed by atoms with van der Waals surface area (Å²) in [4.78, 5) is 17.6. The Morgan fingerprint density at radius 2 is 2.36 bits per heavy atom. The average Bonchev–Trinajstić information content (AvgIpc) is 2.03. The van der Waals surface area contributed by atoms with Gasteiger partial charge in [-0.15, -0.1) is 0 Å². The van der Waals surface area contributed by atoms with E-state index in [2.05, 4.69) is 9.97 Å². The van der Waals surface area contributed by atoms with Gasteiger partial charge in [0.2, 0.25) is 0 Å². The lowest BCUT2D eigenvalue weighted by Crippen LogP contribution is -1.87. The fourth-order valence-corrected chi connectivity index (χ4v) is 0.553. The molecule has 4 nitrogen and oxygen atoms in total. The molecule has 0 aliphatic carbocycles. The fourth-order valence-electron chi connectivity index (χ4n) is 0.553. The molecule has 0 bridgehead atoms. The molecule has 11 heavy (non-hydrogen) atoms. The van der Waals surface area contributed by atoms with E-state index in [0.29, 0.717) is 5.69 Å². The molecule has 0 unspecified atom stereocenters. The van der Waals surface area contributed by atoms with Gasteiger partial charge in [0.15, 0.2) is 0 Å². The molecular formula is C7H6N2O2. The van der Waals surface area contributed by atoms with E-state index in [1.807, 2.05) is 0 Å². The normalized spacial score (nSPS) is 10.2. The molecule has 1 aromatic heterocycles. The summed E-state index contributed by atoms with van der Waals surface area (Å²) < 4.78 is 0. The highest BCUT2D eigenvalue weighted by molar-refractivity contribution is 5.84. The summed E-state index contributed by atoms with van der Waals surface area (Å²) in [6.07, 6.45) is 6.92. The van der Waals surface area contributed by atoms with Gasteiger partial charge in [-0.3, -0.25) is 9.97 Å². The molecule has 0 aromatic carbocycles. The van der Waals surface area contributed by atoms with Gasteiger partial charge in [-0.25, -0.2) is 4.79 Å². The zero-order valence-electron chi connectivity index (χ0n) is 5.64. The van der Waals surface area contributed by atoms with E-state index < -0.39 is 5.97 Å². The predicted molar refractivity (Wildman–Crippen MR) is 38.7 cm³/mol. The molecule has 1 aromatic rings. The maximum atomic E-state index is 10.0. The Morgan fingerprint density at radius 1 is 1.55 bits per heavy atom. The molecule has 0 aliphatic rings. The van der Waals surface area contributed by atoms with Crippen molar-refractivity contribution in [2.24, 2.45) is 0 Å². The Kier molecular flexibility index (Phi) is 2.32. The summed E-state index contributed by atoms with van der Waals surface area (Å²) in [6, 6.07) is 0. The summed E-state index contributed by atoms with van der Waals surface area (Å²) in [5.41, 5.74) is 0.537. The first-order valence-electron chi connectivity index (χ1n) is 2.96. The lowest BCUT2D eigenvalue weighted by Gasteiger charge is -1.86. The van der Waals surface area contributed by atoms with Crippen molar-refractivity contribution in [1.82, 2.24) is 9.97 Å². The number of aliphatic carboxylic acids is 1. The van der Waals surface area contributed by atoms with Crippen molar-refractivity contribution in [2.75, 3.05) is 0 Å². The quantitative estimate of drug-likeness (QED) is 0.626. The van der Waals surface area contributed by atoms with Crippen LogP contribution in [0.25, 0.3) is 6.08 Å². The first kappa shape index (κ1) is 7.40. The Balaban J connectivity index is 2.72. The topological polar surface area (TPSA) is 63.1 Å². The average molecular weight is 150 g/mol. The number of hydrogen-bond acceptors (Lipinski definition) is 3. The van der Waals surface area contributed by atoms with Crippen LogP contribution in [0, 0.1) is 0 Å². The number of nitrogens with zero attached hydrogens (tertiary/aromatic N) is 2. The minimum absolute atomic E-state index is 0.537. The third kappa shape index (κ3) is 2.57. The van der Waals surface area contributed by atoms with E-state index in [1.165, 1.54) is 24.7 Å². The second-order valence-corrected chi connectivity index (χ2v) is 1.80. The number of hydrogen-bond donors (Lipinski definition) is 1. The SMILES string of the molecule is O=C(O)/C=C/c1cnccn1. The largest absolute Gasteiger partial charge is 0.478 e. The Morgan fingerprint density at radius 3 is 2.91 bits per heavy atom. The zero-order chi connectivity index (χ0) is 8.10. The van der Waals surface area contributed by atoms with Crippen molar-refractivity contribution in [3.63, 3.8) is 0 Å². The second kappa shape index (κ2) is 3.46. The van der Waals surface area contributed by atoms with E-state index in [1.54, 1.807) is 0 Å².